The van der Waals surface area contributed by atoms with Crippen LogP contribution in [-0.2, 0) is 11.3 Å². The summed E-state index contributed by atoms with van der Waals surface area (Å²) in [6.07, 6.45) is 1.85. The molecule has 0 radical (unpaired) electrons. The smallest absolute Gasteiger partial charge is 0.326 e. The molecule has 0 heterocycles. The van der Waals surface area contributed by atoms with E-state index in [0.717, 1.165) is 18.4 Å². The summed E-state index contributed by atoms with van der Waals surface area (Å²) in [5.74, 6) is -1.78. The zero-order valence-corrected chi connectivity index (χ0v) is 17.8. The highest BCUT2D eigenvalue weighted by atomic mass is 16.4. The van der Waals surface area contributed by atoms with Gasteiger partial charge in [-0.3, -0.25) is 9.59 Å². The minimum Gasteiger partial charge on any atom is -0.480 e. The molecule has 2 aromatic rings. The van der Waals surface area contributed by atoms with Gasteiger partial charge in [-0.1, -0.05) is 57.5 Å². The predicted octanol–water partition coefficient (Wildman–Crippen LogP) is 3.97. The molecule has 0 fully saturated rings. The van der Waals surface area contributed by atoms with Gasteiger partial charge < -0.3 is 15.3 Å². The Balaban J connectivity index is 2.18. The standard InChI is InChI=1S/C24H30N2O4/c1-4-5-14-26(23(28)19-11-7-6-8-12-19)16-18-10-9-13-20(15-18)22(27)25-21(17(2)3)24(29)30/h6-13,15,17,21H,4-5,14,16H2,1-3H3,(H,25,27)(H,29,30)/t21-/m0/s1. The minimum atomic E-state index is -1.06. The number of amides is 2. The van der Waals surface area contributed by atoms with Crippen LogP contribution in [0.2, 0.25) is 0 Å². The van der Waals surface area contributed by atoms with Gasteiger partial charge in [0.25, 0.3) is 11.8 Å². The number of carboxylic acid groups (broad SMARTS) is 1. The summed E-state index contributed by atoms with van der Waals surface area (Å²) in [5, 5.41) is 11.9. The van der Waals surface area contributed by atoms with E-state index in [4.69, 9.17) is 0 Å². The third-order valence-electron chi connectivity index (χ3n) is 4.87. The number of hydrogen-bond acceptors (Lipinski definition) is 3. The van der Waals surface area contributed by atoms with E-state index >= 15 is 0 Å². The summed E-state index contributed by atoms with van der Waals surface area (Å²) in [5.41, 5.74) is 1.82. The molecule has 2 amide bonds. The molecule has 160 valence electrons. The highest BCUT2D eigenvalue weighted by Crippen LogP contribution is 2.14. The van der Waals surface area contributed by atoms with Crippen molar-refractivity contribution in [2.75, 3.05) is 6.54 Å². The minimum absolute atomic E-state index is 0.0512. The lowest BCUT2D eigenvalue weighted by Gasteiger charge is -2.23. The monoisotopic (exact) mass is 410 g/mol. The van der Waals surface area contributed by atoms with Gasteiger partial charge in [0.05, 0.1) is 0 Å². The van der Waals surface area contributed by atoms with Crippen molar-refractivity contribution in [2.45, 2.75) is 46.2 Å². The second kappa shape index (κ2) is 11.1. The van der Waals surface area contributed by atoms with E-state index in [0.29, 0.717) is 24.2 Å². The molecule has 2 rings (SSSR count). The van der Waals surface area contributed by atoms with E-state index in [2.05, 4.69) is 12.2 Å². The fraction of sp³-hybridized carbons (Fsp3) is 0.375. The Kier molecular flexibility index (Phi) is 8.59. The molecule has 0 saturated carbocycles. The number of carbonyl (C=O) groups is 3. The van der Waals surface area contributed by atoms with Gasteiger partial charge in [0, 0.05) is 24.2 Å². The number of rotatable bonds is 10. The maximum atomic E-state index is 13.0. The van der Waals surface area contributed by atoms with E-state index in [-0.39, 0.29) is 11.8 Å². The fourth-order valence-electron chi connectivity index (χ4n) is 3.13. The number of nitrogens with zero attached hydrogens (tertiary/aromatic N) is 1. The van der Waals surface area contributed by atoms with Gasteiger partial charge in [-0.05, 0) is 42.2 Å². The molecule has 6 heteroatoms. The van der Waals surface area contributed by atoms with E-state index < -0.39 is 17.9 Å². The first kappa shape index (κ1) is 23.1. The van der Waals surface area contributed by atoms with Crippen LogP contribution in [0.1, 0.15) is 59.9 Å². The number of carboxylic acids is 1. The number of carbonyl (C=O) groups excluding carboxylic acids is 2. The molecule has 0 saturated heterocycles. The van der Waals surface area contributed by atoms with Crippen molar-refractivity contribution in [2.24, 2.45) is 5.92 Å². The van der Waals surface area contributed by atoms with Crippen LogP contribution in [-0.4, -0.2) is 40.4 Å². The van der Waals surface area contributed by atoms with Crippen molar-refractivity contribution < 1.29 is 19.5 Å². The van der Waals surface area contributed by atoms with Crippen molar-refractivity contribution in [3.8, 4) is 0 Å². The largest absolute Gasteiger partial charge is 0.480 e. The van der Waals surface area contributed by atoms with Crippen LogP contribution in [0.4, 0.5) is 0 Å². The first-order valence-corrected chi connectivity index (χ1v) is 10.3. The quantitative estimate of drug-likeness (QED) is 0.621. The van der Waals surface area contributed by atoms with Gasteiger partial charge in [0.2, 0.25) is 0 Å². The summed E-state index contributed by atoms with van der Waals surface area (Å²) in [7, 11) is 0. The molecule has 0 aliphatic rings. The zero-order valence-electron chi connectivity index (χ0n) is 17.8. The van der Waals surface area contributed by atoms with Crippen molar-refractivity contribution >= 4 is 17.8 Å². The van der Waals surface area contributed by atoms with Crippen LogP contribution in [0.25, 0.3) is 0 Å². The number of nitrogens with one attached hydrogen (secondary N) is 1. The molecule has 0 aromatic heterocycles. The van der Waals surface area contributed by atoms with Gasteiger partial charge in [0.1, 0.15) is 6.04 Å². The first-order valence-electron chi connectivity index (χ1n) is 10.3. The average Bonchev–Trinajstić information content (AvgIpc) is 2.74. The molecule has 2 N–H and O–H groups in total. The van der Waals surface area contributed by atoms with Crippen LogP contribution in [0, 0.1) is 5.92 Å². The molecule has 0 aliphatic carbocycles. The Morgan fingerprint density at radius 2 is 1.67 bits per heavy atom. The second-order valence-electron chi connectivity index (χ2n) is 7.68. The fourth-order valence-corrected chi connectivity index (χ4v) is 3.13. The summed E-state index contributed by atoms with van der Waals surface area (Å²) >= 11 is 0. The number of aliphatic carboxylic acids is 1. The highest BCUT2D eigenvalue weighted by Gasteiger charge is 2.24. The molecule has 6 nitrogen and oxygen atoms in total. The highest BCUT2D eigenvalue weighted by molar-refractivity contribution is 5.97. The van der Waals surface area contributed by atoms with Gasteiger partial charge in [-0.25, -0.2) is 4.79 Å². The lowest BCUT2D eigenvalue weighted by atomic mass is 10.0. The Morgan fingerprint density at radius 1 is 1.00 bits per heavy atom. The summed E-state index contributed by atoms with van der Waals surface area (Å²) < 4.78 is 0. The van der Waals surface area contributed by atoms with E-state index in [9.17, 15) is 19.5 Å². The molecular weight excluding hydrogens is 380 g/mol. The summed E-state index contributed by atoms with van der Waals surface area (Å²) in [4.78, 5) is 38.7. The SMILES string of the molecule is CCCCN(Cc1cccc(C(=O)N[C@H](C(=O)O)C(C)C)c1)C(=O)c1ccccc1. The molecule has 30 heavy (non-hydrogen) atoms. The van der Waals surface area contributed by atoms with Crippen molar-refractivity contribution in [3.63, 3.8) is 0 Å². The first-order chi connectivity index (χ1) is 14.3. The van der Waals surface area contributed by atoms with Crippen LogP contribution < -0.4 is 5.32 Å². The van der Waals surface area contributed by atoms with Gasteiger partial charge in [-0.2, -0.15) is 0 Å². The van der Waals surface area contributed by atoms with Crippen LogP contribution in [0.15, 0.2) is 54.6 Å². The van der Waals surface area contributed by atoms with Crippen LogP contribution >= 0.6 is 0 Å². The lowest BCUT2D eigenvalue weighted by molar-refractivity contribution is -0.140. The molecule has 0 bridgehead atoms. The topological polar surface area (TPSA) is 86.7 Å². The second-order valence-corrected chi connectivity index (χ2v) is 7.68. The average molecular weight is 411 g/mol. The van der Waals surface area contributed by atoms with Gasteiger partial charge in [-0.15, -0.1) is 0 Å². The van der Waals surface area contributed by atoms with E-state index in [1.807, 2.05) is 24.3 Å². The van der Waals surface area contributed by atoms with Crippen LogP contribution in [0.3, 0.4) is 0 Å². The molecule has 0 unspecified atom stereocenters. The normalized spacial score (nSPS) is 11.7. The predicted molar refractivity (Wildman–Crippen MR) is 116 cm³/mol. The van der Waals surface area contributed by atoms with Gasteiger partial charge in [0.15, 0.2) is 0 Å². The molecular formula is C24H30N2O4. The third kappa shape index (κ3) is 6.44. The number of hydrogen-bond donors (Lipinski definition) is 2. The molecule has 0 aliphatic heterocycles. The Hall–Kier alpha value is -3.15. The lowest BCUT2D eigenvalue weighted by Crippen LogP contribution is -2.44. The number of benzene rings is 2. The Labute approximate surface area is 177 Å². The molecule has 0 spiro atoms. The Morgan fingerprint density at radius 3 is 2.27 bits per heavy atom. The van der Waals surface area contributed by atoms with Gasteiger partial charge >= 0.3 is 5.97 Å². The maximum Gasteiger partial charge on any atom is 0.326 e. The van der Waals surface area contributed by atoms with E-state index in [1.165, 1.54) is 0 Å². The van der Waals surface area contributed by atoms with Crippen molar-refractivity contribution in [1.29, 1.82) is 0 Å². The van der Waals surface area contributed by atoms with Crippen LogP contribution in [0.5, 0.6) is 0 Å². The summed E-state index contributed by atoms with van der Waals surface area (Å²) in [6, 6.07) is 15.2. The van der Waals surface area contributed by atoms with Crippen molar-refractivity contribution in [1.82, 2.24) is 10.2 Å². The third-order valence-corrected chi connectivity index (χ3v) is 4.87. The molecule has 1 atom stereocenters. The Bertz CT molecular complexity index is 865. The zero-order chi connectivity index (χ0) is 22.1. The maximum absolute atomic E-state index is 13.0. The van der Waals surface area contributed by atoms with E-state index in [1.54, 1.807) is 49.1 Å². The van der Waals surface area contributed by atoms with Crippen molar-refractivity contribution in [3.05, 3.63) is 71.3 Å². The summed E-state index contributed by atoms with van der Waals surface area (Å²) in [6.45, 7) is 6.56. The number of unbranched alkanes of at least 4 members (excludes halogenated alkanes) is 1. The molecule has 2 aromatic carbocycles.